The first-order valence-corrected chi connectivity index (χ1v) is 7.26. The van der Waals surface area contributed by atoms with E-state index in [0.717, 1.165) is 11.8 Å². The van der Waals surface area contributed by atoms with Gasteiger partial charge in [0, 0.05) is 18.2 Å². The van der Waals surface area contributed by atoms with Gasteiger partial charge in [-0.05, 0) is 19.4 Å². The van der Waals surface area contributed by atoms with Crippen LogP contribution in [0.5, 0.6) is 5.75 Å². The molecule has 19 heavy (non-hydrogen) atoms. The van der Waals surface area contributed by atoms with E-state index in [2.05, 4.69) is 0 Å². The summed E-state index contributed by atoms with van der Waals surface area (Å²) in [6.45, 7) is 3.85. The number of hydrogen-bond acceptors (Lipinski definition) is 5. The molecule has 0 saturated heterocycles. The van der Waals surface area contributed by atoms with Gasteiger partial charge in [0.15, 0.2) is 5.12 Å². The molecule has 1 aromatic rings. The maximum absolute atomic E-state index is 10.8. The van der Waals surface area contributed by atoms with E-state index in [9.17, 15) is 15.0 Å². The Morgan fingerprint density at radius 3 is 2.68 bits per heavy atom. The second-order valence-electron chi connectivity index (χ2n) is 4.11. The van der Waals surface area contributed by atoms with Crippen molar-refractivity contribution >= 4 is 16.9 Å². The minimum atomic E-state index is -1.00. The van der Waals surface area contributed by atoms with Crippen LogP contribution < -0.4 is 4.74 Å². The first-order chi connectivity index (χ1) is 9.06. The van der Waals surface area contributed by atoms with Crippen LogP contribution in [0.2, 0.25) is 0 Å². The van der Waals surface area contributed by atoms with Crippen LogP contribution in [0.15, 0.2) is 24.3 Å². The molecule has 0 aliphatic heterocycles. The monoisotopic (exact) mass is 284 g/mol. The molecule has 0 saturated carbocycles. The second-order valence-corrected chi connectivity index (χ2v) is 5.38. The zero-order chi connectivity index (χ0) is 14.3. The normalized spacial score (nSPS) is 13.9. The highest BCUT2D eigenvalue weighted by molar-refractivity contribution is 8.13. The summed E-state index contributed by atoms with van der Waals surface area (Å²) in [6, 6.07) is 7.10. The number of hydrogen-bond donors (Lipinski definition) is 2. The quantitative estimate of drug-likeness (QED) is 0.803. The van der Waals surface area contributed by atoms with E-state index in [4.69, 9.17) is 4.74 Å². The summed E-state index contributed by atoms with van der Waals surface area (Å²) in [5.41, 5.74) is 0.574. The lowest BCUT2D eigenvalue weighted by molar-refractivity contribution is -0.109. The number of carbonyl (C=O) groups excluding carboxylic acids is 1. The smallest absolute Gasteiger partial charge is 0.185 e. The number of aliphatic hydroxyl groups excluding tert-OH is 2. The molecule has 2 atom stereocenters. The molecule has 0 radical (unpaired) electrons. The zero-order valence-corrected chi connectivity index (χ0v) is 12.0. The Balaban J connectivity index is 2.65. The SMILES string of the molecule is CCOc1ccccc1C(O)C(O)CCSC(C)=O. The Hall–Kier alpha value is -1.04. The highest BCUT2D eigenvalue weighted by Gasteiger charge is 2.21. The molecule has 0 amide bonds. The van der Waals surface area contributed by atoms with Crippen molar-refractivity contribution in [3.63, 3.8) is 0 Å². The standard InChI is InChI=1S/C14H20O4S/c1-3-18-13-7-5-4-6-11(13)14(17)12(16)8-9-19-10(2)15/h4-7,12,14,16-17H,3,8-9H2,1-2H3. The van der Waals surface area contributed by atoms with Crippen LogP contribution in [0.25, 0.3) is 0 Å². The first-order valence-electron chi connectivity index (χ1n) is 6.27. The summed E-state index contributed by atoms with van der Waals surface area (Å²) < 4.78 is 5.42. The van der Waals surface area contributed by atoms with Crippen molar-refractivity contribution in [2.45, 2.75) is 32.5 Å². The Morgan fingerprint density at radius 1 is 1.37 bits per heavy atom. The molecule has 0 aromatic heterocycles. The van der Waals surface area contributed by atoms with E-state index in [1.54, 1.807) is 18.2 Å². The van der Waals surface area contributed by atoms with Crippen molar-refractivity contribution in [1.29, 1.82) is 0 Å². The summed E-state index contributed by atoms with van der Waals surface area (Å²) >= 11 is 1.15. The van der Waals surface area contributed by atoms with Crippen LogP contribution in [0.3, 0.4) is 0 Å². The van der Waals surface area contributed by atoms with Gasteiger partial charge in [-0.15, -0.1) is 0 Å². The van der Waals surface area contributed by atoms with Gasteiger partial charge in [0.1, 0.15) is 11.9 Å². The van der Waals surface area contributed by atoms with Gasteiger partial charge in [0.05, 0.1) is 12.7 Å². The number of para-hydroxylation sites is 1. The van der Waals surface area contributed by atoms with E-state index >= 15 is 0 Å². The van der Waals surface area contributed by atoms with Gasteiger partial charge in [0.25, 0.3) is 0 Å². The van der Waals surface area contributed by atoms with Crippen molar-refractivity contribution in [1.82, 2.24) is 0 Å². The van der Waals surface area contributed by atoms with Crippen molar-refractivity contribution in [2.24, 2.45) is 0 Å². The lowest BCUT2D eigenvalue weighted by Gasteiger charge is -2.20. The summed E-state index contributed by atoms with van der Waals surface area (Å²) in [5.74, 6) is 1.07. The third kappa shape index (κ3) is 5.22. The largest absolute Gasteiger partial charge is 0.493 e. The summed E-state index contributed by atoms with van der Waals surface area (Å²) in [5, 5.41) is 20.1. The number of rotatable bonds is 7. The Bertz CT molecular complexity index is 408. The molecule has 106 valence electrons. The number of aliphatic hydroxyl groups is 2. The van der Waals surface area contributed by atoms with Gasteiger partial charge in [-0.25, -0.2) is 0 Å². The fraction of sp³-hybridized carbons (Fsp3) is 0.500. The number of carbonyl (C=O) groups is 1. The minimum Gasteiger partial charge on any atom is -0.493 e. The van der Waals surface area contributed by atoms with Crippen LogP contribution in [0, 0.1) is 0 Å². The topological polar surface area (TPSA) is 66.8 Å². The summed E-state index contributed by atoms with van der Waals surface area (Å²) in [6.07, 6.45) is -1.56. The Kier molecular flexibility index (Phi) is 6.91. The highest BCUT2D eigenvalue weighted by atomic mass is 32.2. The van der Waals surface area contributed by atoms with E-state index in [-0.39, 0.29) is 5.12 Å². The molecule has 0 heterocycles. The second kappa shape index (κ2) is 8.19. The highest BCUT2D eigenvalue weighted by Crippen LogP contribution is 2.28. The fourth-order valence-electron chi connectivity index (χ4n) is 1.70. The molecule has 5 heteroatoms. The molecular formula is C14H20O4S. The van der Waals surface area contributed by atoms with Gasteiger partial charge >= 0.3 is 0 Å². The van der Waals surface area contributed by atoms with E-state index in [1.807, 2.05) is 13.0 Å². The molecule has 1 rings (SSSR count). The van der Waals surface area contributed by atoms with Gasteiger partial charge in [-0.1, -0.05) is 30.0 Å². The van der Waals surface area contributed by atoms with Gasteiger partial charge in [-0.2, -0.15) is 0 Å². The van der Waals surface area contributed by atoms with E-state index in [0.29, 0.717) is 30.1 Å². The Morgan fingerprint density at radius 2 is 2.05 bits per heavy atom. The van der Waals surface area contributed by atoms with Crippen LogP contribution >= 0.6 is 11.8 Å². The molecule has 0 spiro atoms. The average molecular weight is 284 g/mol. The van der Waals surface area contributed by atoms with Crippen LogP contribution in [-0.4, -0.2) is 33.8 Å². The van der Waals surface area contributed by atoms with Crippen LogP contribution in [0.1, 0.15) is 31.9 Å². The van der Waals surface area contributed by atoms with E-state index < -0.39 is 12.2 Å². The maximum atomic E-state index is 10.8. The van der Waals surface area contributed by atoms with Gasteiger partial charge in [0.2, 0.25) is 0 Å². The van der Waals surface area contributed by atoms with Crippen LogP contribution in [-0.2, 0) is 4.79 Å². The van der Waals surface area contributed by atoms with Crippen molar-refractivity contribution in [3.05, 3.63) is 29.8 Å². The van der Waals surface area contributed by atoms with E-state index in [1.165, 1.54) is 6.92 Å². The van der Waals surface area contributed by atoms with Crippen molar-refractivity contribution in [3.8, 4) is 5.75 Å². The predicted octanol–water partition coefficient (Wildman–Crippen LogP) is 2.15. The molecule has 0 bridgehead atoms. The lowest BCUT2D eigenvalue weighted by atomic mass is 10.0. The summed E-state index contributed by atoms with van der Waals surface area (Å²) in [4.78, 5) is 10.8. The molecule has 0 aliphatic carbocycles. The molecular weight excluding hydrogens is 264 g/mol. The Labute approximate surface area is 117 Å². The number of thioether (sulfide) groups is 1. The first kappa shape index (κ1) is 16.0. The number of benzene rings is 1. The third-order valence-corrected chi connectivity index (χ3v) is 3.47. The molecule has 0 fully saturated rings. The summed E-state index contributed by atoms with van der Waals surface area (Å²) in [7, 11) is 0. The zero-order valence-electron chi connectivity index (χ0n) is 11.2. The average Bonchev–Trinajstić information content (AvgIpc) is 2.38. The van der Waals surface area contributed by atoms with Crippen molar-refractivity contribution in [2.75, 3.05) is 12.4 Å². The lowest BCUT2D eigenvalue weighted by Crippen LogP contribution is -2.20. The molecule has 1 aromatic carbocycles. The van der Waals surface area contributed by atoms with Crippen molar-refractivity contribution < 1.29 is 19.7 Å². The fourth-order valence-corrected chi connectivity index (χ4v) is 2.35. The molecule has 2 unspecified atom stereocenters. The van der Waals surface area contributed by atoms with Gasteiger partial charge in [-0.3, -0.25) is 4.79 Å². The maximum Gasteiger partial charge on any atom is 0.185 e. The van der Waals surface area contributed by atoms with Gasteiger partial charge < -0.3 is 14.9 Å². The van der Waals surface area contributed by atoms with Crippen LogP contribution in [0.4, 0.5) is 0 Å². The minimum absolute atomic E-state index is 0.0106. The molecule has 0 aliphatic rings. The number of ether oxygens (including phenoxy) is 1. The predicted molar refractivity (Wildman–Crippen MR) is 76.3 cm³/mol. The third-order valence-electron chi connectivity index (χ3n) is 2.62. The molecule has 2 N–H and O–H groups in total. The molecule has 4 nitrogen and oxygen atoms in total.